The Kier molecular flexibility index (Phi) is 6.63. The van der Waals surface area contributed by atoms with E-state index in [9.17, 15) is 27.7 Å². The maximum atomic E-state index is 13.5. The molecular formula is C19H20FN3O6S. The predicted molar refractivity (Wildman–Crippen MR) is 105 cm³/mol. The van der Waals surface area contributed by atoms with Crippen LogP contribution in [0, 0.1) is 15.9 Å². The summed E-state index contributed by atoms with van der Waals surface area (Å²) < 4.78 is 45.5. The Morgan fingerprint density at radius 3 is 2.47 bits per heavy atom. The van der Waals surface area contributed by atoms with Crippen LogP contribution in [-0.4, -0.2) is 61.2 Å². The largest absolute Gasteiger partial charge is 0.490 e. The first kappa shape index (κ1) is 21.7. The first-order chi connectivity index (χ1) is 14.3. The summed E-state index contributed by atoms with van der Waals surface area (Å²) in [5, 5.41) is 10.9. The topological polar surface area (TPSA) is 110 Å². The molecule has 1 saturated heterocycles. The molecular weight excluding hydrogens is 417 g/mol. The van der Waals surface area contributed by atoms with E-state index in [-0.39, 0.29) is 61.4 Å². The van der Waals surface area contributed by atoms with Crippen LogP contribution in [0.3, 0.4) is 0 Å². The van der Waals surface area contributed by atoms with Crippen molar-refractivity contribution in [2.75, 3.05) is 32.8 Å². The summed E-state index contributed by atoms with van der Waals surface area (Å²) in [6.07, 6.45) is 0.0337. The number of piperazine rings is 1. The molecule has 0 radical (unpaired) electrons. The summed E-state index contributed by atoms with van der Waals surface area (Å²) in [5.41, 5.74) is -0.306. The van der Waals surface area contributed by atoms with E-state index in [0.29, 0.717) is 0 Å². The van der Waals surface area contributed by atoms with Gasteiger partial charge in [0.1, 0.15) is 0 Å². The fraction of sp³-hybridized carbons (Fsp3) is 0.316. The number of hydrogen-bond acceptors (Lipinski definition) is 6. The SMILES string of the molecule is O=C(CCOc1ccccc1F)N1CCN(S(=O)(=O)c2cccc([N+](=O)[O-])c2)CC1. The van der Waals surface area contributed by atoms with E-state index in [1.54, 1.807) is 6.07 Å². The van der Waals surface area contributed by atoms with E-state index in [1.807, 2.05) is 0 Å². The van der Waals surface area contributed by atoms with Gasteiger partial charge in [0, 0.05) is 38.3 Å². The molecule has 1 aliphatic rings. The first-order valence-corrected chi connectivity index (χ1v) is 10.6. The molecule has 0 aromatic heterocycles. The summed E-state index contributed by atoms with van der Waals surface area (Å²) in [4.78, 5) is 23.9. The molecule has 0 unspecified atom stereocenters. The van der Waals surface area contributed by atoms with Gasteiger partial charge in [0.05, 0.1) is 22.8 Å². The van der Waals surface area contributed by atoms with Crippen LogP contribution in [0.2, 0.25) is 0 Å². The van der Waals surface area contributed by atoms with Crippen LogP contribution in [0.15, 0.2) is 53.4 Å². The second kappa shape index (κ2) is 9.18. The molecule has 1 fully saturated rings. The number of benzene rings is 2. The molecule has 2 aromatic rings. The normalized spacial score (nSPS) is 15.0. The molecule has 11 heteroatoms. The second-order valence-electron chi connectivity index (χ2n) is 6.57. The number of nitro benzene ring substituents is 1. The first-order valence-electron chi connectivity index (χ1n) is 9.19. The minimum absolute atomic E-state index is 0.00591. The van der Waals surface area contributed by atoms with E-state index in [0.717, 1.165) is 6.07 Å². The Morgan fingerprint density at radius 2 is 1.80 bits per heavy atom. The van der Waals surface area contributed by atoms with Gasteiger partial charge in [-0.05, 0) is 18.2 Å². The molecule has 30 heavy (non-hydrogen) atoms. The number of non-ortho nitro benzene ring substituents is 1. The number of para-hydroxylation sites is 1. The molecule has 0 bridgehead atoms. The molecule has 0 spiro atoms. The van der Waals surface area contributed by atoms with Crippen LogP contribution in [0.1, 0.15) is 6.42 Å². The van der Waals surface area contributed by atoms with Gasteiger partial charge >= 0.3 is 0 Å². The number of hydrogen-bond donors (Lipinski definition) is 0. The van der Waals surface area contributed by atoms with E-state index < -0.39 is 20.8 Å². The Labute approximate surface area is 172 Å². The Hall–Kier alpha value is -3.05. The number of nitrogens with zero attached hydrogens (tertiary/aromatic N) is 3. The van der Waals surface area contributed by atoms with Crippen LogP contribution in [0.5, 0.6) is 5.75 Å². The lowest BCUT2D eigenvalue weighted by molar-refractivity contribution is -0.385. The number of sulfonamides is 1. The van der Waals surface area contributed by atoms with Crippen molar-refractivity contribution in [2.24, 2.45) is 0 Å². The van der Waals surface area contributed by atoms with Crippen LogP contribution >= 0.6 is 0 Å². The zero-order chi connectivity index (χ0) is 21.7. The molecule has 1 amide bonds. The van der Waals surface area contributed by atoms with E-state index in [1.165, 1.54) is 45.6 Å². The van der Waals surface area contributed by atoms with Crippen molar-refractivity contribution in [3.8, 4) is 5.75 Å². The summed E-state index contributed by atoms with van der Waals surface area (Å²) >= 11 is 0. The van der Waals surface area contributed by atoms with Crippen molar-refractivity contribution in [3.63, 3.8) is 0 Å². The van der Waals surface area contributed by atoms with Crippen molar-refractivity contribution in [1.29, 1.82) is 0 Å². The van der Waals surface area contributed by atoms with Crippen molar-refractivity contribution < 1.29 is 27.3 Å². The second-order valence-corrected chi connectivity index (χ2v) is 8.51. The summed E-state index contributed by atoms with van der Waals surface area (Å²) in [6, 6.07) is 10.8. The predicted octanol–water partition coefficient (Wildman–Crippen LogP) is 2.04. The zero-order valence-corrected chi connectivity index (χ0v) is 16.8. The van der Waals surface area contributed by atoms with Gasteiger partial charge in [-0.2, -0.15) is 4.31 Å². The lowest BCUT2D eigenvalue weighted by atomic mass is 10.3. The highest BCUT2D eigenvalue weighted by Crippen LogP contribution is 2.22. The molecule has 1 aliphatic heterocycles. The maximum Gasteiger partial charge on any atom is 0.270 e. The number of carbonyl (C=O) groups excluding carboxylic acids is 1. The average molecular weight is 437 g/mol. The van der Waals surface area contributed by atoms with Crippen LogP contribution < -0.4 is 4.74 Å². The van der Waals surface area contributed by atoms with Crippen molar-refractivity contribution in [1.82, 2.24) is 9.21 Å². The number of amides is 1. The minimum atomic E-state index is -3.90. The maximum absolute atomic E-state index is 13.5. The number of rotatable bonds is 7. The van der Waals surface area contributed by atoms with E-state index in [4.69, 9.17) is 4.74 Å². The number of ether oxygens (including phenoxy) is 1. The zero-order valence-electron chi connectivity index (χ0n) is 15.9. The third-order valence-electron chi connectivity index (χ3n) is 4.67. The van der Waals surface area contributed by atoms with Crippen molar-refractivity contribution in [2.45, 2.75) is 11.3 Å². The van der Waals surface area contributed by atoms with Gasteiger partial charge in [-0.25, -0.2) is 12.8 Å². The van der Waals surface area contributed by atoms with Gasteiger partial charge in [-0.3, -0.25) is 14.9 Å². The lowest BCUT2D eigenvalue weighted by Gasteiger charge is -2.34. The van der Waals surface area contributed by atoms with E-state index >= 15 is 0 Å². The smallest absolute Gasteiger partial charge is 0.270 e. The minimum Gasteiger partial charge on any atom is -0.490 e. The molecule has 0 aliphatic carbocycles. The van der Waals surface area contributed by atoms with Gasteiger partial charge in [-0.1, -0.05) is 18.2 Å². The molecule has 160 valence electrons. The highest BCUT2D eigenvalue weighted by atomic mass is 32.2. The molecule has 0 N–H and O–H groups in total. The van der Waals surface area contributed by atoms with E-state index in [2.05, 4.69) is 0 Å². The quantitative estimate of drug-likeness (QED) is 0.484. The number of carbonyl (C=O) groups is 1. The monoisotopic (exact) mass is 437 g/mol. The number of halogens is 1. The highest BCUT2D eigenvalue weighted by Gasteiger charge is 2.30. The van der Waals surface area contributed by atoms with Gasteiger partial charge in [0.15, 0.2) is 11.6 Å². The fourth-order valence-electron chi connectivity index (χ4n) is 3.05. The van der Waals surface area contributed by atoms with Crippen LogP contribution in [-0.2, 0) is 14.8 Å². The Morgan fingerprint density at radius 1 is 1.10 bits per heavy atom. The van der Waals surface area contributed by atoms with Crippen molar-refractivity contribution >= 4 is 21.6 Å². The van der Waals surface area contributed by atoms with Gasteiger partial charge in [0.2, 0.25) is 15.9 Å². The summed E-state index contributed by atoms with van der Waals surface area (Å²) in [6.45, 7) is 0.529. The fourth-order valence-corrected chi connectivity index (χ4v) is 4.52. The van der Waals surface area contributed by atoms with Crippen LogP contribution in [0.4, 0.5) is 10.1 Å². The average Bonchev–Trinajstić information content (AvgIpc) is 2.75. The molecule has 1 heterocycles. The molecule has 2 aromatic carbocycles. The summed E-state index contributed by atoms with van der Waals surface area (Å²) in [7, 11) is -3.90. The Balaban J connectivity index is 1.53. The van der Waals surface area contributed by atoms with Gasteiger partial charge < -0.3 is 9.64 Å². The summed E-state index contributed by atoms with van der Waals surface area (Å²) in [5.74, 6) is -0.665. The number of nitro groups is 1. The molecule has 0 atom stereocenters. The highest BCUT2D eigenvalue weighted by molar-refractivity contribution is 7.89. The molecule has 0 saturated carbocycles. The van der Waals surface area contributed by atoms with Crippen molar-refractivity contribution in [3.05, 3.63) is 64.5 Å². The third-order valence-corrected chi connectivity index (χ3v) is 6.56. The van der Waals surface area contributed by atoms with Crippen LogP contribution in [0.25, 0.3) is 0 Å². The van der Waals surface area contributed by atoms with Gasteiger partial charge in [0.25, 0.3) is 5.69 Å². The standard InChI is InChI=1S/C19H20FN3O6S/c20-17-6-1-2-7-18(17)29-13-8-19(24)21-9-11-22(12-10-21)30(27,28)16-5-3-4-15(14-16)23(25)26/h1-7,14H,8-13H2. The molecule has 9 nitrogen and oxygen atoms in total. The lowest BCUT2D eigenvalue weighted by Crippen LogP contribution is -2.50. The Bertz CT molecular complexity index is 1040. The third kappa shape index (κ3) is 4.92. The van der Waals surface area contributed by atoms with Gasteiger partial charge in [-0.15, -0.1) is 0 Å². The molecule has 3 rings (SSSR count).